The van der Waals surface area contributed by atoms with Gasteiger partial charge in [0.05, 0.1) is 18.1 Å². The number of carbonyl (C=O) groups is 1. The molecule has 2 aliphatic rings. The maximum Gasteiger partial charge on any atom is 0.227 e. The van der Waals surface area contributed by atoms with Gasteiger partial charge in [0, 0.05) is 26.2 Å². The van der Waals surface area contributed by atoms with Gasteiger partial charge in [0.25, 0.3) is 0 Å². The lowest BCUT2D eigenvalue weighted by Gasteiger charge is -2.35. The molecule has 2 N–H and O–H groups in total. The van der Waals surface area contributed by atoms with Crippen LogP contribution in [0.1, 0.15) is 26.7 Å². The molecule has 5 heteroatoms. The number of rotatable bonds is 4. The Morgan fingerprint density at radius 3 is 3.11 bits per heavy atom. The van der Waals surface area contributed by atoms with Crippen molar-refractivity contribution in [3.63, 3.8) is 0 Å². The van der Waals surface area contributed by atoms with E-state index in [1.54, 1.807) is 0 Å². The number of hydrogen-bond donors (Lipinski definition) is 2. The zero-order chi connectivity index (χ0) is 13.7. The van der Waals surface area contributed by atoms with Gasteiger partial charge in [-0.1, -0.05) is 6.92 Å². The Hall–Kier alpha value is -0.650. The summed E-state index contributed by atoms with van der Waals surface area (Å²) >= 11 is 0. The highest BCUT2D eigenvalue weighted by Gasteiger charge is 2.34. The fraction of sp³-hybridized carbons (Fsp3) is 0.929. The number of piperidine rings is 1. The third-order valence-electron chi connectivity index (χ3n) is 4.31. The molecule has 0 aromatic carbocycles. The number of amides is 1. The van der Waals surface area contributed by atoms with Gasteiger partial charge in [0.15, 0.2) is 0 Å². The number of morpholine rings is 1. The van der Waals surface area contributed by atoms with Crippen molar-refractivity contribution in [2.75, 3.05) is 45.9 Å². The summed E-state index contributed by atoms with van der Waals surface area (Å²) in [5.41, 5.74) is -0.253. The van der Waals surface area contributed by atoms with E-state index in [0.29, 0.717) is 6.54 Å². The topological polar surface area (TPSA) is 53.6 Å². The fourth-order valence-corrected chi connectivity index (χ4v) is 2.86. The Bertz CT molecular complexity index is 303. The molecule has 2 aliphatic heterocycles. The zero-order valence-electron chi connectivity index (χ0n) is 12.2. The summed E-state index contributed by atoms with van der Waals surface area (Å²) in [4.78, 5) is 14.7. The minimum absolute atomic E-state index is 0.137. The van der Waals surface area contributed by atoms with E-state index in [9.17, 15) is 4.79 Å². The third-order valence-corrected chi connectivity index (χ3v) is 4.31. The first-order valence-corrected chi connectivity index (χ1v) is 7.47. The van der Waals surface area contributed by atoms with Crippen LogP contribution in [0.3, 0.4) is 0 Å². The van der Waals surface area contributed by atoms with Gasteiger partial charge < -0.3 is 15.4 Å². The van der Waals surface area contributed by atoms with Crippen molar-refractivity contribution in [3.8, 4) is 0 Å². The maximum atomic E-state index is 12.3. The molecule has 1 amide bonds. The molecule has 2 atom stereocenters. The lowest BCUT2D eigenvalue weighted by atomic mass is 9.82. The van der Waals surface area contributed by atoms with Crippen molar-refractivity contribution in [3.05, 3.63) is 0 Å². The number of nitrogens with zero attached hydrogens (tertiary/aromatic N) is 1. The van der Waals surface area contributed by atoms with E-state index in [0.717, 1.165) is 52.2 Å². The van der Waals surface area contributed by atoms with Gasteiger partial charge in [-0.2, -0.15) is 0 Å². The van der Waals surface area contributed by atoms with E-state index in [4.69, 9.17) is 4.74 Å². The Morgan fingerprint density at radius 2 is 2.42 bits per heavy atom. The molecule has 2 unspecified atom stereocenters. The highest BCUT2D eigenvalue weighted by molar-refractivity contribution is 5.82. The Morgan fingerprint density at radius 1 is 1.58 bits per heavy atom. The highest BCUT2D eigenvalue weighted by Crippen LogP contribution is 2.25. The average molecular weight is 269 g/mol. The van der Waals surface area contributed by atoms with Gasteiger partial charge in [-0.25, -0.2) is 0 Å². The largest absolute Gasteiger partial charge is 0.374 e. The lowest BCUT2D eigenvalue weighted by molar-refractivity contribution is -0.132. The first-order chi connectivity index (χ1) is 9.14. The molecule has 0 saturated carbocycles. The third kappa shape index (κ3) is 3.91. The number of carbonyl (C=O) groups excluding carboxylic acids is 1. The molecule has 0 radical (unpaired) electrons. The summed E-state index contributed by atoms with van der Waals surface area (Å²) in [6, 6.07) is 0. The van der Waals surface area contributed by atoms with Gasteiger partial charge in [0.1, 0.15) is 0 Å². The quantitative estimate of drug-likeness (QED) is 0.766. The molecule has 0 bridgehead atoms. The van der Waals surface area contributed by atoms with Crippen LogP contribution in [-0.2, 0) is 9.53 Å². The molecule has 5 nitrogen and oxygen atoms in total. The van der Waals surface area contributed by atoms with E-state index in [2.05, 4.69) is 29.4 Å². The van der Waals surface area contributed by atoms with Crippen LogP contribution in [0.25, 0.3) is 0 Å². The minimum atomic E-state index is -0.253. The predicted octanol–water partition coefficient (Wildman–Crippen LogP) is 0.213. The smallest absolute Gasteiger partial charge is 0.227 e. The molecule has 2 fully saturated rings. The van der Waals surface area contributed by atoms with Crippen LogP contribution in [0, 0.1) is 5.41 Å². The number of ether oxygens (including phenoxy) is 1. The zero-order valence-corrected chi connectivity index (χ0v) is 12.2. The second-order valence-corrected chi connectivity index (χ2v) is 5.94. The van der Waals surface area contributed by atoms with Gasteiger partial charge in [-0.15, -0.1) is 0 Å². The Kier molecular flexibility index (Phi) is 5.19. The van der Waals surface area contributed by atoms with Crippen LogP contribution < -0.4 is 10.6 Å². The summed E-state index contributed by atoms with van der Waals surface area (Å²) in [6.45, 7) is 10.4. The molecular weight excluding hydrogens is 242 g/mol. The first-order valence-electron chi connectivity index (χ1n) is 7.47. The summed E-state index contributed by atoms with van der Waals surface area (Å²) in [5, 5.41) is 6.39. The van der Waals surface area contributed by atoms with Crippen LogP contribution in [0.4, 0.5) is 0 Å². The van der Waals surface area contributed by atoms with Crippen molar-refractivity contribution < 1.29 is 9.53 Å². The molecule has 0 aliphatic carbocycles. The van der Waals surface area contributed by atoms with Crippen LogP contribution in [0.5, 0.6) is 0 Å². The van der Waals surface area contributed by atoms with E-state index in [-0.39, 0.29) is 17.4 Å². The van der Waals surface area contributed by atoms with E-state index in [1.807, 2.05) is 0 Å². The SMILES string of the molecule is CCN1CCOC(CNC(=O)C2(C)CCCNC2)C1. The maximum absolute atomic E-state index is 12.3. The standard InChI is InChI=1S/C14H27N3O2/c1-3-17-7-8-19-12(10-17)9-16-13(18)14(2)5-4-6-15-11-14/h12,15H,3-11H2,1-2H3,(H,16,18). The average Bonchev–Trinajstić information content (AvgIpc) is 2.45. The summed E-state index contributed by atoms with van der Waals surface area (Å²) in [6.07, 6.45) is 2.18. The van der Waals surface area contributed by atoms with Crippen LogP contribution in [-0.4, -0.2) is 62.8 Å². The molecule has 19 heavy (non-hydrogen) atoms. The van der Waals surface area contributed by atoms with Crippen LogP contribution in [0.2, 0.25) is 0 Å². The second-order valence-electron chi connectivity index (χ2n) is 5.94. The van der Waals surface area contributed by atoms with E-state index < -0.39 is 0 Å². The molecule has 2 saturated heterocycles. The molecule has 110 valence electrons. The second kappa shape index (κ2) is 6.68. The molecule has 2 rings (SSSR count). The molecule has 2 heterocycles. The van der Waals surface area contributed by atoms with Gasteiger partial charge in [-0.05, 0) is 32.9 Å². The van der Waals surface area contributed by atoms with Gasteiger partial charge in [-0.3, -0.25) is 9.69 Å². The monoisotopic (exact) mass is 269 g/mol. The highest BCUT2D eigenvalue weighted by atomic mass is 16.5. The normalized spacial score (nSPS) is 33.1. The number of likely N-dealkylation sites (N-methyl/N-ethyl adjacent to an activating group) is 1. The lowest BCUT2D eigenvalue weighted by Crippen LogP contribution is -2.52. The van der Waals surface area contributed by atoms with Crippen molar-refractivity contribution in [2.45, 2.75) is 32.8 Å². The van der Waals surface area contributed by atoms with E-state index in [1.165, 1.54) is 0 Å². The summed E-state index contributed by atoms with van der Waals surface area (Å²) in [7, 11) is 0. The molecular formula is C14H27N3O2. The molecule has 0 spiro atoms. The van der Waals surface area contributed by atoms with Gasteiger partial charge in [0.2, 0.25) is 5.91 Å². The van der Waals surface area contributed by atoms with Gasteiger partial charge >= 0.3 is 0 Å². The first kappa shape index (κ1) is 14.8. The summed E-state index contributed by atoms with van der Waals surface area (Å²) < 4.78 is 5.71. The van der Waals surface area contributed by atoms with Crippen molar-refractivity contribution in [1.29, 1.82) is 0 Å². The number of hydrogen-bond acceptors (Lipinski definition) is 4. The molecule has 0 aromatic rings. The number of nitrogens with one attached hydrogen (secondary N) is 2. The van der Waals surface area contributed by atoms with Crippen LogP contribution >= 0.6 is 0 Å². The Labute approximate surface area is 116 Å². The van der Waals surface area contributed by atoms with Crippen molar-refractivity contribution in [1.82, 2.24) is 15.5 Å². The van der Waals surface area contributed by atoms with E-state index >= 15 is 0 Å². The van der Waals surface area contributed by atoms with Crippen molar-refractivity contribution in [2.24, 2.45) is 5.41 Å². The fourth-order valence-electron chi connectivity index (χ4n) is 2.86. The summed E-state index contributed by atoms with van der Waals surface area (Å²) in [5.74, 6) is 0.164. The minimum Gasteiger partial charge on any atom is -0.374 e. The Balaban J connectivity index is 1.76. The predicted molar refractivity (Wildman–Crippen MR) is 75.1 cm³/mol. The van der Waals surface area contributed by atoms with Crippen LogP contribution in [0.15, 0.2) is 0 Å². The molecule has 0 aromatic heterocycles. The van der Waals surface area contributed by atoms with Crippen molar-refractivity contribution >= 4 is 5.91 Å².